The number of hydrogen-bond acceptors (Lipinski definition) is 4. The van der Waals surface area contributed by atoms with E-state index < -0.39 is 15.1 Å². The van der Waals surface area contributed by atoms with Crippen LogP contribution in [-0.2, 0) is 14.6 Å². The van der Waals surface area contributed by atoms with Gasteiger partial charge in [0.1, 0.15) is 0 Å². The number of sulfone groups is 1. The molecule has 0 aliphatic carbocycles. The predicted molar refractivity (Wildman–Crippen MR) is 60.1 cm³/mol. The van der Waals surface area contributed by atoms with Crippen molar-refractivity contribution in [2.24, 2.45) is 0 Å². The summed E-state index contributed by atoms with van der Waals surface area (Å²) in [4.78, 5) is 11.2. The average Bonchev–Trinajstić information content (AvgIpc) is 2.22. The van der Waals surface area contributed by atoms with Crippen LogP contribution in [0.1, 0.15) is 18.1 Å². The maximum Gasteiger partial charge on any atom is 0.429 e. The second-order valence-electron chi connectivity index (χ2n) is 3.43. The van der Waals surface area contributed by atoms with Crippen molar-refractivity contribution in [2.45, 2.75) is 25.7 Å². The smallest absolute Gasteiger partial charge is 0.429 e. The van der Waals surface area contributed by atoms with Crippen LogP contribution < -0.4 is 0 Å². The van der Waals surface area contributed by atoms with Gasteiger partial charge in [0, 0.05) is 0 Å². The van der Waals surface area contributed by atoms with Crippen molar-refractivity contribution in [1.29, 1.82) is 0 Å². The molecule has 0 radical (unpaired) electrons. The van der Waals surface area contributed by atoms with Gasteiger partial charge in [-0.25, -0.2) is 13.2 Å². The van der Waals surface area contributed by atoms with Crippen molar-refractivity contribution in [2.75, 3.05) is 6.61 Å². The highest BCUT2D eigenvalue weighted by molar-refractivity contribution is 8.05. The summed E-state index contributed by atoms with van der Waals surface area (Å²) in [6.45, 7) is 5.27. The van der Waals surface area contributed by atoms with Crippen molar-refractivity contribution in [3.63, 3.8) is 0 Å². The van der Waals surface area contributed by atoms with Crippen molar-refractivity contribution in [1.82, 2.24) is 0 Å². The Morgan fingerprint density at radius 3 is 2.38 bits per heavy atom. The van der Waals surface area contributed by atoms with E-state index in [1.807, 2.05) is 6.92 Å². The van der Waals surface area contributed by atoms with Crippen LogP contribution in [-0.4, -0.2) is 20.3 Å². The fourth-order valence-electron chi connectivity index (χ4n) is 1.17. The zero-order valence-electron chi connectivity index (χ0n) is 9.48. The van der Waals surface area contributed by atoms with Crippen molar-refractivity contribution in [3.8, 4) is 0 Å². The summed E-state index contributed by atoms with van der Waals surface area (Å²) >= 11 is 0. The molecule has 0 spiro atoms. The summed E-state index contributed by atoms with van der Waals surface area (Å²) < 4.78 is 27.9. The maximum atomic E-state index is 11.7. The molecule has 1 aromatic rings. The van der Waals surface area contributed by atoms with E-state index in [0.29, 0.717) is 0 Å². The number of rotatable bonds is 2. The Hall–Kier alpha value is -1.36. The number of carbonyl (C=O) groups is 1. The predicted octanol–water partition coefficient (Wildman–Crippen LogP) is 2.23. The maximum absolute atomic E-state index is 11.7. The van der Waals surface area contributed by atoms with Crippen LogP contribution >= 0.6 is 0 Å². The Balaban J connectivity index is 3.18. The minimum atomic E-state index is -4.00. The van der Waals surface area contributed by atoms with E-state index in [9.17, 15) is 13.2 Å². The molecule has 0 aliphatic rings. The van der Waals surface area contributed by atoms with Crippen molar-refractivity contribution >= 4 is 15.1 Å². The van der Waals surface area contributed by atoms with E-state index in [1.165, 1.54) is 12.1 Å². The first-order chi connectivity index (χ1) is 7.39. The van der Waals surface area contributed by atoms with Gasteiger partial charge in [-0.3, -0.25) is 0 Å². The zero-order chi connectivity index (χ0) is 12.3. The minimum Gasteiger partial charge on any atom is -0.454 e. The second-order valence-corrected chi connectivity index (χ2v) is 5.24. The van der Waals surface area contributed by atoms with E-state index >= 15 is 0 Å². The lowest BCUT2D eigenvalue weighted by Gasteiger charge is -2.05. The Bertz CT molecular complexity index is 503. The topological polar surface area (TPSA) is 60.4 Å². The number of hydrogen-bond donors (Lipinski definition) is 0. The molecule has 1 aromatic carbocycles. The van der Waals surface area contributed by atoms with E-state index in [2.05, 4.69) is 4.74 Å². The zero-order valence-corrected chi connectivity index (χ0v) is 10.3. The van der Waals surface area contributed by atoms with E-state index in [0.717, 1.165) is 11.1 Å². The fourth-order valence-corrected chi connectivity index (χ4v) is 2.22. The molecule has 0 atom stereocenters. The highest BCUT2D eigenvalue weighted by Gasteiger charge is 2.26. The van der Waals surface area contributed by atoms with E-state index in [1.54, 1.807) is 19.9 Å². The highest BCUT2D eigenvalue weighted by Crippen LogP contribution is 2.17. The lowest BCUT2D eigenvalue weighted by atomic mass is 10.1. The molecule has 0 aromatic heterocycles. The van der Waals surface area contributed by atoms with Gasteiger partial charge < -0.3 is 4.74 Å². The lowest BCUT2D eigenvalue weighted by Crippen LogP contribution is -2.16. The Labute approximate surface area is 95.2 Å². The molecule has 0 unspecified atom stereocenters. The largest absolute Gasteiger partial charge is 0.454 e. The van der Waals surface area contributed by atoms with Crippen LogP contribution in [0.15, 0.2) is 23.1 Å². The van der Waals surface area contributed by atoms with Gasteiger partial charge in [0.05, 0.1) is 11.5 Å². The molecular formula is C11H14O4S. The summed E-state index contributed by atoms with van der Waals surface area (Å²) in [5.41, 5.74) is 1.80. The normalized spacial score (nSPS) is 11.2. The van der Waals surface area contributed by atoms with Gasteiger partial charge in [-0.05, 0) is 44.0 Å². The summed E-state index contributed by atoms with van der Waals surface area (Å²) in [5.74, 6) is 0. The van der Waals surface area contributed by atoms with Gasteiger partial charge in [-0.15, -0.1) is 0 Å². The average molecular weight is 242 g/mol. The summed E-state index contributed by atoms with van der Waals surface area (Å²) in [7, 11) is -4.00. The molecule has 0 N–H and O–H groups in total. The van der Waals surface area contributed by atoms with Crippen LogP contribution in [0, 0.1) is 13.8 Å². The Morgan fingerprint density at radius 2 is 1.88 bits per heavy atom. The highest BCUT2D eigenvalue weighted by atomic mass is 32.2. The Morgan fingerprint density at radius 1 is 1.25 bits per heavy atom. The van der Waals surface area contributed by atoms with Crippen LogP contribution in [0.3, 0.4) is 0 Å². The molecule has 1 rings (SSSR count). The fraction of sp³-hybridized carbons (Fsp3) is 0.364. The quantitative estimate of drug-likeness (QED) is 0.746. The molecule has 0 saturated heterocycles. The summed E-state index contributed by atoms with van der Waals surface area (Å²) in [6.07, 6.45) is 0. The standard InChI is InChI=1S/C11H14O4S/c1-4-15-11(12)16(13,14)10-6-5-8(2)9(3)7-10/h5-7H,4H2,1-3H3. The number of carbonyl (C=O) groups excluding carboxylic acids is 1. The number of ether oxygens (including phenoxy) is 1. The summed E-state index contributed by atoms with van der Waals surface area (Å²) in [6, 6.07) is 4.55. The molecule has 16 heavy (non-hydrogen) atoms. The second kappa shape index (κ2) is 4.65. The van der Waals surface area contributed by atoms with Gasteiger partial charge in [0.15, 0.2) is 0 Å². The van der Waals surface area contributed by atoms with Gasteiger partial charge in [0.25, 0.3) is 9.84 Å². The molecule has 0 amide bonds. The molecule has 4 nitrogen and oxygen atoms in total. The van der Waals surface area contributed by atoms with Crippen molar-refractivity contribution < 1.29 is 17.9 Å². The lowest BCUT2D eigenvalue weighted by molar-refractivity contribution is 0.178. The molecule has 0 heterocycles. The SMILES string of the molecule is CCOC(=O)S(=O)(=O)c1ccc(C)c(C)c1. The third-order valence-corrected chi connectivity index (χ3v) is 3.70. The number of aryl methyl sites for hydroxylation is 2. The third-order valence-electron chi connectivity index (χ3n) is 2.27. The number of benzene rings is 1. The Kier molecular flexibility index (Phi) is 3.70. The molecule has 88 valence electrons. The van der Waals surface area contributed by atoms with Gasteiger partial charge in [-0.2, -0.15) is 0 Å². The molecule has 0 bridgehead atoms. The molecular weight excluding hydrogens is 228 g/mol. The first-order valence-corrected chi connectivity index (χ1v) is 6.37. The van der Waals surface area contributed by atoms with Gasteiger partial charge in [-0.1, -0.05) is 6.07 Å². The van der Waals surface area contributed by atoms with Crippen LogP contribution in [0.25, 0.3) is 0 Å². The summed E-state index contributed by atoms with van der Waals surface area (Å²) in [5, 5.41) is -1.20. The van der Waals surface area contributed by atoms with Crippen LogP contribution in [0.5, 0.6) is 0 Å². The first-order valence-electron chi connectivity index (χ1n) is 4.88. The van der Waals surface area contributed by atoms with Crippen molar-refractivity contribution in [3.05, 3.63) is 29.3 Å². The molecule has 0 saturated carbocycles. The van der Waals surface area contributed by atoms with Gasteiger partial charge >= 0.3 is 5.30 Å². The first kappa shape index (κ1) is 12.7. The van der Waals surface area contributed by atoms with Crippen LogP contribution in [0.4, 0.5) is 4.79 Å². The molecule has 0 aliphatic heterocycles. The van der Waals surface area contributed by atoms with E-state index in [4.69, 9.17) is 0 Å². The molecule has 0 fully saturated rings. The third kappa shape index (κ3) is 2.41. The minimum absolute atomic E-state index is 0.0194. The molecule has 5 heteroatoms. The van der Waals surface area contributed by atoms with E-state index in [-0.39, 0.29) is 11.5 Å². The van der Waals surface area contributed by atoms with Gasteiger partial charge in [0.2, 0.25) is 0 Å². The van der Waals surface area contributed by atoms with Crippen LogP contribution in [0.2, 0.25) is 0 Å². The monoisotopic (exact) mass is 242 g/mol.